The Hall–Kier alpha value is -2.56. The van der Waals surface area contributed by atoms with Gasteiger partial charge in [0.25, 0.3) is 5.91 Å². The van der Waals surface area contributed by atoms with E-state index in [0.717, 1.165) is 10.5 Å². The number of nitriles is 1. The predicted molar refractivity (Wildman–Crippen MR) is 103 cm³/mol. The maximum Gasteiger partial charge on any atom is 0.267 e. The number of halogens is 3. The molecule has 8 heteroatoms. The molecule has 1 amide bonds. The fraction of sp³-hybridized carbons (Fsp3) is 0.111. The van der Waals surface area contributed by atoms with Gasteiger partial charge in [-0.2, -0.15) is 5.26 Å². The Balaban J connectivity index is 2.12. The molecule has 0 atom stereocenters. The van der Waals surface area contributed by atoms with Gasteiger partial charge in [0, 0.05) is 23.6 Å². The Morgan fingerprint density at radius 1 is 1.35 bits per heavy atom. The van der Waals surface area contributed by atoms with Crippen molar-refractivity contribution >= 4 is 44.8 Å². The van der Waals surface area contributed by atoms with E-state index in [1.54, 1.807) is 18.2 Å². The van der Waals surface area contributed by atoms with Gasteiger partial charge in [-0.15, -0.1) is 0 Å². The maximum absolute atomic E-state index is 13.2. The number of nitrogens with one attached hydrogen (secondary N) is 2. The zero-order chi connectivity index (χ0) is 19.1. The number of rotatable bonds is 6. The van der Waals surface area contributed by atoms with Gasteiger partial charge in [0.15, 0.2) is 0 Å². The second-order valence-electron chi connectivity index (χ2n) is 4.98. The molecule has 0 aliphatic rings. The van der Waals surface area contributed by atoms with Gasteiger partial charge in [-0.25, -0.2) is 4.39 Å². The Kier molecular flexibility index (Phi) is 7.01. The molecule has 0 unspecified atom stereocenters. The quantitative estimate of drug-likeness (QED) is 0.486. The molecule has 0 bridgehead atoms. The van der Waals surface area contributed by atoms with Gasteiger partial charge in [-0.3, -0.25) is 4.79 Å². The summed E-state index contributed by atoms with van der Waals surface area (Å²) >= 11 is 9.05. The Morgan fingerprint density at radius 3 is 2.73 bits per heavy atom. The number of carbonyl (C=O) groups excluding carboxylic acids is 1. The van der Waals surface area contributed by atoms with Crippen LogP contribution in [-0.4, -0.2) is 12.5 Å². The van der Waals surface area contributed by atoms with Crippen LogP contribution in [0.4, 0.5) is 15.8 Å². The van der Waals surface area contributed by atoms with Gasteiger partial charge >= 0.3 is 0 Å². The minimum atomic E-state index is -0.648. The van der Waals surface area contributed by atoms with Crippen molar-refractivity contribution in [3.05, 3.63) is 63.5 Å². The van der Waals surface area contributed by atoms with Crippen LogP contribution in [0.1, 0.15) is 6.92 Å². The van der Waals surface area contributed by atoms with Crippen LogP contribution < -0.4 is 15.4 Å². The van der Waals surface area contributed by atoms with E-state index in [-0.39, 0.29) is 16.3 Å². The van der Waals surface area contributed by atoms with E-state index in [1.807, 2.05) is 13.0 Å². The van der Waals surface area contributed by atoms with Crippen LogP contribution >= 0.6 is 27.5 Å². The highest BCUT2D eigenvalue weighted by Crippen LogP contribution is 2.28. The molecule has 0 radical (unpaired) electrons. The third kappa shape index (κ3) is 5.22. The summed E-state index contributed by atoms with van der Waals surface area (Å²) in [6.07, 6.45) is 1.28. The summed E-state index contributed by atoms with van der Waals surface area (Å²) in [5.74, 6) is -0.609. The second kappa shape index (κ2) is 9.22. The average molecular weight is 439 g/mol. The lowest BCUT2D eigenvalue weighted by atomic mass is 10.2. The molecular weight excluding hydrogens is 425 g/mol. The predicted octanol–water partition coefficient (Wildman–Crippen LogP) is 5.10. The van der Waals surface area contributed by atoms with Crippen molar-refractivity contribution < 1.29 is 13.9 Å². The molecule has 0 saturated heterocycles. The number of hydrogen-bond acceptors (Lipinski definition) is 4. The van der Waals surface area contributed by atoms with E-state index >= 15 is 0 Å². The first-order valence-electron chi connectivity index (χ1n) is 7.50. The molecule has 2 aromatic carbocycles. The van der Waals surface area contributed by atoms with Crippen LogP contribution in [0.5, 0.6) is 5.75 Å². The number of benzene rings is 2. The summed E-state index contributed by atoms with van der Waals surface area (Å²) in [7, 11) is 0. The summed E-state index contributed by atoms with van der Waals surface area (Å²) in [6.45, 7) is 2.37. The highest BCUT2D eigenvalue weighted by Gasteiger charge is 2.11. The average Bonchev–Trinajstić information content (AvgIpc) is 2.61. The molecule has 0 aromatic heterocycles. The van der Waals surface area contributed by atoms with Crippen LogP contribution in [0.25, 0.3) is 0 Å². The summed E-state index contributed by atoms with van der Waals surface area (Å²) in [5.41, 5.74) is 0.762. The highest BCUT2D eigenvalue weighted by molar-refractivity contribution is 9.10. The minimum Gasteiger partial charge on any atom is -0.493 e. The molecule has 5 nitrogen and oxygen atoms in total. The molecule has 0 fully saturated rings. The fourth-order valence-corrected chi connectivity index (χ4v) is 2.48. The molecule has 2 N–H and O–H groups in total. The van der Waals surface area contributed by atoms with E-state index in [0.29, 0.717) is 18.0 Å². The van der Waals surface area contributed by atoms with E-state index in [1.165, 1.54) is 18.3 Å². The number of hydrogen-bond donors (Lipinski definition) is 2. The number of ether oxygens (including phenoxy) is 1. The van der Waals surface area contributed by atoms with Gasteiger partial charge in [0.05, 0.1) is 16.1 Å². The van der Waals surface area contributed by atoms with E-state index in [2.05, 4.69) is 26.6 Å². The van der Waals surface area contributed by atoms with Crippen LogP contribution in [0, 0.1) is 17.1 Å². The Labute approximate surface area is 163 Å². The number of amides is 1. The monoisotopic (exact) mass is 437 g/mol. The van der Waals surface area contributed by atoms with Crippen molar-refractivity contribution in [2.45, 2.75) is 6.92 Å². The van der Waals surface area contributed by atoms with Crippen LogP contribution in [0.15, 0.2) is 52.6 Å². The van der Waals surface area contributed by atoms with Gasteiger partial charge in [0.2, 0.25) is 0 Å². The van der Waals surface area contributed by atoms with Crippen molar-refractivity contribution in [2.75, 3.05) is 17.2 Å². The molecular formula is C18H14BrClFN3O2. The topological polar surface area (TPSA) is 74.1 Å². The summed E-state index contributed by atoms with van der Waals surface area (Å²) in [4.78, 5) is 12.2. The Morgan fingerprint density at radius 2 is 2.08 bits per heavy atom. The van der Waals surface area contributed by atoms with Gasteiger partial charge in [-0.05, 0) is 53.2 Å². The van der Waals surface area contributed by atoms with Crippen LogP contribution in [-0.2, 0) is 4.79 Å². The summed E-state index contributed by atoms with van der Waals surface area (Å²) in [6, 6.07) is 10.8. The van der Waals surface area contributed by atoms with Gasteiger partial charge in [-0.1, -0.05) is 11.6 Å². The second-order valence-corrected chi connectivity index (χ2v) is 6.24. The number of nitrogens with zero attached hydrogens (tertiary/aromatic N) is 1. The largest absolute Gasteiger partial charge is 0.493 e. The Bertz CT molecular complexity index is 896. The standard InChI is InChI=1S/C18H14BrClFN3O2/c1-2-26-17-8-12(3-5-14(17)19)23-10-11(9-22)18(25)24-13-4-6-16(21)15(20)7-13/h3-8,10,23H,2H2,1H3,(H,24,25)/b11-10-. The minimum absolute atomic E-state index is 0.123. The lowest BCUT2D eigenvalue weighted by Gasteiger charge is -2.09. The van der Waals surface area contributed by atoms with Crippen molar-refractivity contribution in [1.82, 2.24) is 0 Å². The van der Waals surface area contributed by atoms with E-state index < -0.39 is 11.7 Å². The fourth-order valence-electron chi connectivity index (χ4n) is 1.94. The lowest BCUT2D eigenvalue weighted by molar-refractivity contribution is -0.112. The zero-order valence-electron chi connectivity index (χ0n) is 13.6. The number of carbonyl (C=O) groups is 1. The molecule has 0 aliphatic carbocycles. The van der Waals surface area contributed by atoms with Gasteiger partial charge in [0.1, 0.15) is 23.2 Å². The first kappa shape index (κ1) is 19.8. The van der Waals surface area contributed by atoms with Crippen LogP contribution in [0.2, 0.25) is 5.02 Å². The lowest BCUT2D eigenvalue weighted by Crippen LogP contribution is -2.14. The van der Waals surface area contributed by atoms with Crippen molar-refractivity contribution in [2.24, 2.45) is 0 Å². The third-order valence-corrected chi connectivity index (χ3v) is 4.10. The highest BCUT2D eigenvalue weighted by atomic mass is 79.9. The smallest absolute Gasteiger partial charge is 0.267 e. The molecule has 2 aromatic rings. The third-order valence-electron chi connectivity index (χ3n) is 3.16. The number of anilines is 2. The summed E-state index contributed by atoms with van der Waals surface area (Å²) in [5, 5.41) is 14.4. The van der Waals surface area contributed by atoms with Crippen molar-refractivity contribution in [3.63, 3.8) is 0 Å². The molecule has 134 valence electrons. The van der Waals surface area contributed by atoms with Crippen LogP contribution in [0.3, 0.4) is 0 Å². The first-order chi connectivity index (χ1) is 12.4. The normalized spacial score (nSPS) is 10.8. The molecule has 0 aliphatic heterocycles. The molecule has 0 saturated carbocycles. The molecule has 2 rings (SSSR count). The molecule has 0 spiro atoms. The van der Waals surface area contributed by atoms with E-state index in [9.17, 15) is 14.4 Å². The van der Waals surface area contributed by atoms with Crippen molar-refractivity contribution in [1.29, 1.82) is 5.26 Å². The maximum atomic E-state index is 13.2. The van der Waals surface area contributed by atoms with Crippen molar-refractivity contribution in [3.8, 4) is 11.8 Å². The molecule has 0 heterocycles. The summed E-state index contributed by atoms with van der Waals surface area (Å²) < 4.78 is 19.4. The molecule has 26 heavy (non-hydrogen) atoms. The van der Waals surface area contributed by atoms with Gasteiger partial charge < -0.3 is 15.4 Å². The van der Waals surface area contributed by atoms with E-state index in [4.69, 9.17) is 16.3 Å². The SMILES string of the molecule is CCOc1cc(N/C=C(/C#N)C(=O)Nc2ccc(F)c(Cl)c2)ccc1Br. The zero-order valence-corrected chi connectivity index (χ0v) is 16.0. The first-order valence-corrected chi connectivity index (χ1v) is 8.67.